The third kappa shape index (κ3) is 17.6. The van der Waals surface area contributed by atoms with Gasteiger partial charge in [-0.2, -0.15) is 11.8 Å². The van der Waals surface area contributed by atoms with Crippen molar-refractivity contribution in [2.75, 3.05) is 18.6 Å². The highest BCUT2D eigenvalue weighted by atomic mass is 32.2. The molecule has 0 aromatic heterocycles. The molecule has 0 fully saturated rings. The molecule has 8 heteroatoms. The first-order chi connectivity index (χ1) is 14.7. The van der Waals surface area contributed by atoms with Crippen LogP contribution in [-0.4, -0.2) is 42.4 Å². The predicted molar refractivity (Wildman–Crippen MR) is 135 cm³/mol. The van der Waals surface area contributed by atoms with Crippen molar-refractivity contribution >= 4 is 29.5 Å². The number of nitrogens with one attached hydrogen (secondary N) is 2. The summed E-state index contributed by atoms with van der Waals surface area (Å²) in [6.07, 6.45) is 10.8. The van der Waals surface area contributed by atoms with Gasteiger partial charge in [0, 0.05) is 17.9 Å². The average Bonchev–Trinajstić information content (AvgIpc) is 2.73. The first-order valence-corrected chi connectivity index (χ1v) is 11.7. The van der Waals surface area contributed by atoms with Gasteiger partial charge in [-0.1, -0.05) is 42.4 Å². The summed E-state index contributed by atoms with van der Waals surface area (Å²) < 4.78 is 4.51. The van der Waals surface area contributed by atoms with Crippen LogP contribution in [0.25, 0.3) is 0 Å². The predicted octanol–water partition coefficient (Wildman–Crippen LogP) is 4.20. The van der Waals surface area contributed by atoms with E-state index < -0.39 is 23.8 Å². The van der Waals surface area contributed by atoms with E-state index in [2.05, 4.69) is 61.4 Å². The SMILES string of the molecule is C.COC(=O)CCC(=O)N[C@@H](CSC/C=C(\C)CC/C=C(\C)CCC=C(C)C)C(=O)NN. The van der Waals surface area contributed by atoms with Gasteiger partial charge in [0.15, 0.2) is 0 Å². The van der Waals surface area contributed by atoms with Gasteiger partial charge in [-0.3, -0.25) is 19.8 Å². The zero-order chi connectivity index (χ0) is 23.6. The molecule has 0 spiro atoms. The summed E-state index contributed by atoms with van der Waals surface area (Å²) in [6, 6.07) is -0.750. The van der Waals surface area contributed by atoms with Crippen molar-refractivity contribution in [2.24, 2.45) is 5.84 Å². The molecule has 4 N–H and O–H groups in total. The molecular formula is C24H43N3O4S. The van der Waals surface area contributed by atoms with Gasteiger partial charge in [-0.25, -0.2) is 5.84 Å². The fourth-order valence-corrected chi connectivity index (χ4v) is 3.60. The summed E-state index contributed by atoms with van der Waals surface area (Å²) in [5.41, 5.74) is 6.14. The summed E-state index contributed by atoms with van der Waals surface area (Å²) in [5.74, 6) is 5.02. The van der Waals surface area contributed by atoms with Crippen molar-refractivity contribution < 1.29 is 19.1 Å². The fraction of sp³-hybridized carbons (Fsp3) is 0.625. The highest BCUT2D eigenvalue weighted by Gasteiger charge is 2.20. The number of hydrogen-bond acceptors (Lipinski definition) is 6. The van der Waals surface area contributed by atoms with E-state index in [1.54, 1.807) is 0 Å². The molecule has 0 aliphatic rings. The Labute approximate surface area is 198 Å². The topological polar surface area (TPSA) is 111 Å². The smallest absolute Gasteiger partial charge is 0.306 e. The molecule has 0 bridgehead atoms. The Morgan fingerprint density at radius 1 is 0.938 bits per heavy atom. The molecule has 2 amide bonds. The zero-order valence-corrected chi connectivity index (χ0v) is 20.4. The normalized spacial score (nSPS) is 12.3. The molecule has 1 atom stereocenters. The van der Waals surface area contributed by atoms with Crippen LogP contribution >= 0.6 is 11.8 Å². The Bertz CT molecular complexity index is 668. The van der Waals surface area contributed by atoms with Gasteiger partial charge in [0.2, 0.25) is 5.91 Å². The maximum absolute atomic E-state index is 11.9. The monoisotopic (exact) mass is 469 g/mol. The van der Waals surface area contributed by atoms with Crippen LogP contribution in [0, 0.1) is 0 Å². The number of methoxy groups -OCH3 is 1. The number of amides is 2. The molecule has 0 aromatic carbocycles. The number of rotatable bonds is 15. The highest BCUT2D eigenvalue weighted by molar-refractivity contribution is 7.99. The molecule has 184 valence electrons. The maximum Gasteiger partial charge on any atom is 0.306 e. The van der Waals surface area contributed by atoms with Crippen molar-refractivity contribution in [3.05, 3.63) is 34.9 Å². The Morgan fingerprint density at radius 3 is 2.09 bits per heavy atom. The van der Waals surface area contributed by atoms with Crippen LogP contribution in [0.4, 0.5) is 0 Å². The van der Waals surface area contributed by atoms with Crippen molar-refractivity contribution in [1.82, 2.24) is 10.7 Å². The van der Waals surface area contributed by atoms with Gasteiger partial charge >= 0.3 is 5.97 Å². The van der Waals surface area contributed by atoms with Crippen molar-refractivity contribution in [3.8, 4) is 0 Å². The van der Waals surface area contributed by atoms with E-state index in [1.165, 1.54) is 35.6 Å². The lowest BCUT2D eigenvalue weighted by atomic mass is 10.1. The molecule has 0 saturated heterocycles. The van der Waals surface area contributed by atoms with Gasteiger partial charge in [0.25, 0.3) is 5.91 Å². The van der Waals surface area contributed by atoms with E-state index >= 15 is 0 Å². The van der Waals surface area contributed by atoms with Gasteiger partial charge < -0.3 is 10.1 Å². The lowest BCUT2D eigenvalue weighted by Gasteiger charge is -2.16. The number of hydrazine groups is 1. The Balaban J connectivity index is 0. The number of allylic oxidation sites excluding steroid dienone is 5. The summed E-state index contributed by atoms with van der Waals surface area (Å²) in [5, 5.41) is 2.61. The standard InChI is InChI=1S/C23H39N3O4S.CH4/c1-17(2)8-6-9-18(3)10-7-11-19(4)14-15-31-16-20(23(29)26-24)25-21(27)12-13-22(28)30-5;/h8,10,14,20H,6-7,9,11-13,15-16,24H2,1-5H3,(H,25,27)(H,26,29);1H4/b18-10+,19-14+;/t20-;/m0./s1. The largest absolute Gasteiger partial charge is 0.469 e. The van der Waals surface area contributed by atoms with Crippen LogP contribution in [-0.2, 0) is 19.1 Å². The summed E-state index contributed by atoms with van der Waals surface area (Å²) >= 11 is 1.54. The Hall–Kier alpha value is -2.06. The number of ether oxygens (including phenoxy) is 1. The van der Waals surface area contributed by atoms with E-state index in [0.717, 1.165) is 31.4 Å². The lowest BCUT2D eigenvalue weighted by molar-refractivity contribution is -0.142. The van der Waals surface area contributed by atoms with Gasteiger partial charge in [-0.05, 0) is 53.4 Å². The molecule has 32 heavy (non-hydrogen) atoms. The number of thioether (sulfide) groups is 1. The Morgan fingerprint density at radius 2 is 1.53 bits per heavy atom. The van der Waals surface area contributed by atoms with Gasteiger partial charge in [0.1, 0.15) is 6.04 Å². The summed E-state index contributed by atoms with van der Waals surface area (Å²) in [4.78, 5) is 35.0. The minimum atomic E-state index is -0.750. The molecule has 0 saturated carbocycles. The van der Waals surface area contributed by atoms with Crippen LogP contribution in [0.5, 0.6) is 0 Å². The van der Waals surface area contributed by atoms with Crippen molar-refractivity contribution in [2.45, 2.75) is 79.7 Å². The van der Waals surface area contributed by atoms with Gasteiger partial charge in [0.05, 0.1) is 13.5 Å². The molecule has 0 radical (unpaired) electrons. The van der Waals surface area contributed by atoms with E-state index in [9.17, 15) is 14.4 Å². The number of carbonyl (C=O) groups is 3. The maximum atomic E-state index is 11.9. The highest BCUT2D eigenvalue weighted by Crippen LogP contribution is 2.13. The van der Waals surface area contributed by atoms with Crippen LogP contribution in [0.3, 0.4) is 0 Å². The van der Waals surface area contributed by atoms with Crippen LogP contribution in [0.2, 0.25) is 0 Å². The van der Waals surface area contributed by atoms with Crippen LogP contribution in [0.15, 0.2) is 34.9 Å². The summed E-state index contributed by atoms with van der Waals surface area (Å²) in [7, 11) is 1.26. The molecule has 0 rings (SSSR count). The second-order valence-electron chi connectivity index (χ2n) is 7.70. The third-order valence-corrected chi connectivity index (χ3v) is 5.51. The molecule has 0 aliphatic heterocycles. The number of carbonyl (C=O) groups excluding carboxylic acids is 3. The lowest BCUT2D eigenvalue weighted by Crippen LogP contribution is -2.50. The average molecular weight is 470 g/mol. The van der Waals surface area contributed by atoms with E-state index in [1.807, 2.05) is 0 Å². The van der Waals surface area contributed by atoms with Crippen molar-refractivity contribution in [3.63, 3.8) is 0 Å². The van der Waals surface area contributed by atoms with Crippen LogP contribution < -0.4 is 16.6 Å². The molecular weight excluding hydrogens is 426 g/mol. The minimum absolute atomic E-state index is 0. The van der Waals surface area contributed by atoms with E-state index in [0.29, 0.717) is 5.75 Å². The quantitative estimate of drug-likeness (QED) is 0.0828. The van der Waals surface area contributed by atoms with Gasteiger partial charge in [-0.15, -0.1) is 0 Å². The van der Waals surface area contributed by atoms with Crippen molar-refractivity contribution in [1.29, 1.82) is 0 Å². The number of nitrogens with two attached hydrogens (primary N) is 1. The first kappa shape index (κ1) is 32.1. The molecule has 0 aromatic rings. The van der Waals surface area contributed by atoms with E-state index in [-0.39, 0.29) is 20.3 Å². The fourth-order valence-electron chi connectivity index (χ4n) is 2.59. The molecule has 0 unspecified atom stereocenters. The second-order valence-corrected chi connectivity index (χ2v) is 8.78. The number of hydrogen-bond donors (Lipinski definition) is 3. The second kappa shape index (κ2) is 19.6. The first-order valence-electron chi connectivity index (χ1n) is 10.6. The Kier molecular flexibility index (Phi) is 19.7. The molecule has 0 heterocycles. The number of esters is 1. The molecule has 7 nitrogen and oxygen atoms in total. The minimum Gasteiger partial charge on any atom is -0.469 e. The molecule has 0 aliphatic carbocycles. The zero-order valence-electron chi connectivity index (χ0n) is 19.6. The van der Waals surface area contributed by atoms with Crippen LogP contribution in [0.1, 0.15) is 73.6 Å². The summed E-state index contributed by atoms with van der Waals surface area (Å²) in [6.45, 7) is 8.52. The third-order valence-electron chi connectivity index (χ3n) is 4.53. The van der Waals surface area contributed by atoms with E-state index in [4.69, 9.17) is 5.84 Å².